The number of halogens is 1. The van der Waals surface area contributed by atoms with Crippen LogP contribution in [0, 0.1) is 0 Å². The summed E-state index contributed by atoms with van der Waals surface area (Å²) in [5, 5.41) is 6.93. The van der Waals surface area contributed by atoms with Crippen molar-refractivity contribution >= 4 is 39.8 Å². The molecule has 1 saturated carbocycles. The van der Waals surface area contributed by atoms with Crippen molar-refractivity contribution in [1.82, 2.24) is 10.6 Å². The van der Waals surface area contributed by atoms with Gasteiger partial charge in [0.1, 0.15) is 11.4 Å². The quantitative estimate of drug-likeness (QED) is 0.336. The smallest absolute Gasteiger partial charge is 0.191 e. The summed E-state index contributed by atoms with van der Waals surface area (Å²) < 4.78 is 29.7. The van der Waals surface area contributed by atoms with Crippen LogP contribution in [0.25, 0.3) is 0 Å². The molecular weight excluding hydrogens is 525 g/mol. The molecule has 2 N–H and O–H groups in total. The molecule has 1 aliphatic carbocycles. The Morgan fingerprint density at radius 3 is 2.45 bits per heavy atom. The zero-order valence-corrected chi connectivity index (χ0v) is 21.1. The molecule has 1 aliphatic heterocycles. The molecule has 0 saturated heterocycles. The first kappa shape index (κ1) is 23.8. The third kappa shape index (κ3) is 5.52. The number of aliphatic imine (C=N–C) groups is 1. The molecule has 168 valence electrons. The van der Waals surface area contributed by atoms with Crippen LogP contribution in [-0.2, 0) is 16.4 Å². The van der Waals surface area contributed by atoms with E-state index in [1.807, 2.05) is 24.3 Å². The van der Waals surface area contributed by atoms with Gasteiger partial charge in [-0.1, -0.05) is 30.3 Å². The SMILES string of the molecule is CN=C(NCc1ccc(S(C)(=O)=O)cc1)NC1CC2(CCCC2)Oc2ccccc21.I. The highest BCUT2D eigenvalue weighted by Crippen LogP contribution is 2.46. The Bertz CT molecular complexity index is 1030. The lowest BCUT2D eigenvalue weighted by atomic mass is 9.86. The first-order chi connectivity index (χ1) is 14.4. The number of ether oxygens (including phenoxy) is 1. The number of fused-ring (bicyclic) bond motifs is 1. The molecule has 1 atom stereocenters. The van der Waals surface area contributed by atoms with Crippen LogP contribution < -0.4 is 15.4 Å². The Labute approximate surface area is 201 Å². The number of hydrogen-bond acceptors (Lipinski definition) is 4. The van der Waals surface area contributed by atoms with Gasteiger partial charge in [-0.15, -0.1) is 24.0 Å². The van der Waals surface area contributed by atoms with E-state index in [2.05, 4.69) is 27.8 Å². The molecule has 0 amide bonds. The van der Waals surface area contributed by atoms with E-state index in [1.165, 1.54) is 19.1 Å². The maximum atomic E-state index is 11.6. The van der Waals surface area contributed by atoms with Gasteiger partial charge in [0.25, 0.3) is 0 Å². The maximum absolute atomic E-state index is 11.6. The van der Waals surface area contributed by atoms with Gasteiger partial charge in [-0.3, -0.25) is 4.99 Å². The Morgan fingerprint density at radius 2 is 1.81 bits per heavy atom. The highest BCUT2D eigenvalue weighted by Gasteiger charge is 2.43. The van der Waals surface area contributed by atoms with Gasteiger partial charge in [0.2, 0.25) is 0 Å². The molecular formula is C23H30IN3O3S. The standard InChI is InChI=1S/C23H29N3O3S.HI/c1-24-22(25-16-17-9-11-18(12-10-17)30(2,27)28)26-20-15-23(13-5-6-14-23)29-21-8-4-3-7-19(20)21;/h3-4,7-12,20H,5-6,13-16H2,1-2H3,(H2,24,25,26);1H. The fraction of sp³-hybridized carbons (Fsp3) is 0.435. The largest absolute Gasteiger partial charge is 0.487 e. The number of guanidine groups is 1. The van der Waals surface area contributed by atoms with Crippen LogP contribution in [0.2, 0.25) is 0 Å². The topological polar surface area (TPSA) is 79.8 Å². The second kappa shape index (κ2) is 9.77. The molecule has 31 heavy (non-hydrogen) atoms. The van der Waals surface area contributed by atoms with Gasteiger partial charge in [-0.05, 0) is 49.4 Å². The van der Waals surface area contributed by atoms with Gasteiger partial charge >= 0.3 is 0 Å². The number of rotatable bonds is 4. The maximum Gasteiger partial charge on any atom is 0.191 e. The third-order valence-electron chi connectivity index (χ3n) is 6.06. The van der Waals surface area contributed by atoms with E-state index in [0.29, 0.717) is 11.4 Å². The predicted octanol–water partition coefficient (Wildman–Crippen LogP) is 4.21. The average molecular weight is 555 g/mol. The van der Waals surface area contributed by atoms with Gasteiger partial charge in [0, 0.05) is 31.8 Å². The van der Waals surface area contributed by atoms with Crippen molar-refractivity contribution in [3.63, 3.8) is 0 Å². The fourth-order valence-electron chi connectivity index (χ4n) is 4.47. The summed E-state index contributed by atoms with van der Waals surface area (Å²) in [4.78, 5) is 4.73. The van der Waals surface area contributed by atoms with Crippen molar-refractivity contribution in [3.05, 3.63) is 59.7 Å². The Kier molecular flexibility index (Phi) is 7.51. The lowest BCUT2D eigenvalue weighted by Gasteiger charge is -2.40. The molecule has 2 aromatic rings. The van der Waals surface area contributed by atoms with E-state index in [-0.39, 0.29) is 35.6 Å². The van der Waals surface area contributed by atoms with Gasteiger partial charge in [0.05, 0.1) is 10.9 Å². The molecule has 2 aromatic carbocycles. The van der Waals surface area contributed by atoms with Crippen molar-refractivity contribution < 1.29 is 13.2 Å². The average Bonchev–Trinajstić information content (AvgIpc) is 3.18. The van der Waals surface area contributed by atoms with Crippen LogP contribution in [0.1, 0.15) is 49.3 Å². The highest BCUT2D eigenvalue weighted by atomic mass is 127. The molecule has 2 aliphatic rings. The van der Waals surface area contributed by atoms with Crippen LogP contribution in [0.15, 0.2) is 58.4 Å². The van der Waals surface area contributed by atoms with Crippen molar-refractivity contribution in [3.8, 4) is 5.75 Å². The summed E-state index contributed by atoms with van der Waals surface area (Å²) in [7, 11) is -1.42. The number of nitrogens with one attached hydrogen (secondary N) is 2. The lowest BCUT2D eigenvalue weighted by molar-refractivity contribution is 0.0396. The first-order valence-electron chi connectivity index (χ1n) is 10.4. The monoisotopic (exact) mass is 555 g/mol. The minimum absolute atomic E-state index is 0. The zero-order valence-electron chi connectivity index (χ0n) is 17.9. The number of benzene rings is 2. The normalized spacial score (nSPS) is 19.8. The summed E-state index contributed by atoms with van der Waals surface area (Å²) >= 11 is 0. The van der Waals surface area contributed by atoms with E-state index in [0.717, 1.165) is 42.1 Å². The number of nitrogens with zero attached hydrogens (tertiary/aromatic N) is 1. The van der Waals surface area contributed by atoms with Crippen LogP contribution in [0.3, 0.4) is 0 Å². The second-order valence-electron chi connectivity index (χ2n) is 8.27. The summed E-state index contributed by atoms with van der Waals surface area (Å²) in [5.74, 6) is 1.69. The lowest BCUT2D eigenvalue weighted by Crippen LogP contribution is -2.46. The molecule has 0 aromatic heterocycles. The predicted molar refractivity (Wildman–Crippen MR) is 134 cm³/mol. The molecule has 0 radical (unpaired) electrons. The number of sulfone groups is 1. The number of para-hydroxylation sites is 1. The van der Waals surface area contributed by atoms with E-state index in [9.17, 15) is 8.42 Å². The van der Waals surface area contributed by atoms with Crippen LogP contribution >= 0.6 is 24.0 Å². The minimum atomic E-state index is -3.18. The van der Waals surface area contributed by atoms with Crippen LogP contribution in [0.5, 0.6) is 5.75 Å². The van der Waals surface area contributed by atoms with Gasteiger partial charge in [0.15, 0.2) is 15.8 Å². The van der Waals surface area contributed by atoms with Crippen molar-refractivity contribution in [1.29, 1.82) is 0 Å². The highest BCUT2D eigenvalue weighted by molar-refractivity contribution is 14.0. The second-order valence-corrected chi connectivity index (χ2v) is 10.3. The molecule has 1 heterocycles. The van der Waals surface area contributed by atoms with E-state index in [1.54, 1.807) is 19.2 Å². The van der Waals surface area contributed by atoms with Gasteiger partial charge in [-0.25, -0.2) is 8.42 Å². The van der Waals surface area contributed by atoms with Crippen LogP contribution in [-0.4, -0.2) is 33.3 Å². The molecule has 4 rings (SSSR count). The molecule has 0 bridgehead atoms. The van der Waals surface area contributed by atoms with E-state index in [4.69, 9.17) is 4.74 Å². The summed E-state index contributed by atoms with van der Waals surface area (Å²) in [6.45, 7) is 0.555. The molecule has 1 unspecified atom stereocenters. The van der Waals surface area contributed by atoms with Crippen LogP contribution in [0.4, 0.5) is 0 Å². The third-order valence-corrected chi connectivity index (χ3v) is 7.19. The summed E-state index contributed by atoms with van der Waals surface area (Å²) in [6, 6.07) is 15.3. The van der Waals surface area contributed by atoms with E-state index >= 15 is 0 Å². The minimum Gasteiger partial charge on any atom is -0.487 e. The first-order valence-corrected chi connectivity index (χ1v) is 12.3. The Morgan fingerprint density at radius 1 is 1.13 bits per heavy atom. The summed E-state index contributed by atoms with van der Waals surface area (Å²) in [6.07, 6.45) is 6.76. The van der Waals surface area contributed by atoms with Gasteiger partial charge in [-0.2, -0.15) is 0 Å². The Balaban J connectivity index is 0.00000272. The zero-order chi connectivity index (χ0) is 21.2. The van der Waals surface area contributed by atoms with Crippen molar-refractivity contribution in [2.75, 3.05) is 13.3 Å². The summed E-state index contributed by atoms with van der Waals surface area (Å²) in [5.41, 5.74) is 2.08. The van der Waals surface area contributed by atoms with Crippen molar-refractivity contribution in [2.45, 2.75) is 55.2 Å². The molecule has 1 fully saturated rings. The van der Waals surface area contributed by atoms with Crippen molar-refractivity contribution in [2.24, 2.45) is 4.99 Å². The molecule has 8 heteroatoms. The Hall–Kier alpha value is -1.81. The fourth-order valence-corrected chi connectivity index (χ4v) is 5.10. The van der Waals surface area contributed by atoms with E-state index < -0.39 is 9.84 Å². The number of hydrogen-bond donors (Lipinski definition) is 2. The molecule has 1 spiro atoms. The van der Waals surface area contributed by atoms with Gasteiger partial charge < -0.3 is 15.4 Å². The molecule has 6 nitrogen and oxygen atoms in total.